The number of nitrogens with zero attached hydrogens (tertiary/aromatic N) is 1. The summed E-state index contributed by atoms with van der Waals surface area (Å²) in [6.07, 6.45) is 0. The van der Waals surface area contributed by atoms with Gasteiger partial charge in [-0.2, -0.15) is 0 Å². The smallest absolute Gasteiger partial charge is 0.0724 e. The fourth-order valence-electron chi connectivity index (χ4n) is 1.34. The van der Waals surface area contributed by atoms with Crippen LogP contribution in [0.3, 0.4) is 0 Å². The number of hydrogen-bond acceptors (Lipinski definition) is 2. The van der Waals surface area contributed by atoms with Gasteiger partial charge in [-0.1, -0.05) is 18.2 Å². The molecule has 2 aliphatic rings. The van der Waals surface area contributed by atoms with Gasteiger partial charge in [0.2, 0.25) is 0 Å². The molecule has 0 spiro atoms. The molecule has 0 amide bonds. The van der Waals surface area contributed by atoms with E-state index in [2.05, 4.69) is 29.2 Å². The summed E-state index contributed by atoms with van der Waals surface area (Å²) >= 11 is 0. The number of aromatic nitrogens is 1. The predicted molar refractivity (Wildman–Crippen MR) is 45.8 cm³/mol. The Labute approximate surface area is 64.5 Å². The van der Waals surface area contributed by atoms with Gasteiger partial charge in [-0.15, -0.1) is 0 Å². The van der Waals surface area contributed by atoms with Crippen molar-refractivity contribution < 1.29 is 0 Å². The third kappa shape index (κ3) is 0.670. The van der Waals surface area contributed by atoms with Crippen LogP contribution >= 0.6 is 0 Å². The number of hydrogen-bond donors (Lipinski definition) is 1. The minimum absolute atomic E-state index is 0. The maximum atomic E-state index is 4.35. The first kappa shape index (κ1) is 6.31. The van der Waals surface area contributed by atoms with Crippen molar-refractivity contribution in [3.8, 4) is 11.3 Å². The van der Waals surface area contributed by atoms with Gasteiger partial charge in [0.15, 0.2) is 0 Å². The summed E-state index contributed by atoms with van der Waals surface area (Å²) < 4.78 is 0. The highest BCUT2D eigenvalue weighted by Crippen LogP contribution is 2.39. The van der Waals surface area contributed by atoms with Crippen LogP contribution in [0, 0.1) is 0 Å². The monoisotopic (exact) mass is 144 g/mol. The minimum Gasteiger partial charge on any atom is -0.344 e. The van der Waals surface area contributed by atoms with Crippen LogP contribution in [-0.4, -0.2) is 4.98 Å². The van der Waals surface area contributed by atoms with Crippen molar-refractivity contribution in [1.82, 2.24) is 11.1 Å². The molecule has 2 nitrogen and oxygen atoms in total. The predicted octanol–water partition coefficient (Wildman–Crippen LogP) is 2.38. The van der Waals surface area contributed by atoms with E-state index < -0.39 is 0 Å². The average molecular weight is 144 g/mol. The van der Waals surface area contributed by atoms with Crippen LogP contribution in [-0.2, 0) is 0 Å². The van der Waals surface area contributed by atoms with E-state index in [4.69, 9.17) is 0 Å². The second-order valence-corrected chi connectivity index (χ2v) is 2.57. The fraction of sp³-hybridized carbons (Fsp3) is 0. The second kappa shape index (κ2) is 1.80. The molecule has 0 saturated heterocycles. The van der Waals surface area contributed by atoms with Crippen molar-refractivity contribution >= 4 is 10.9 Å². The van der Waals surface area contributed by atoms with Gasteiger partial charge >= 0.3 is 0 Å². The molecule has 1 aliphatic heterocycles. The van der Waals surface area contributed by atoms with Crippen molar-refractivity contribution in [2.45, 2.75) is 0 Å². The lowest BCUT2D eigenvalue weighted by molar-refractivity contribution is 1.52. The summed E-state index contributed by atoms with van der Waals surface area (Å²) in [5.41, 5.74) is 3.66. The number of fused-ring (bicyclic) bond motifs is 3. The normalized spacial score (nSPS) is 10.9. The molecule has 0 fully saturated rings. The molecule has 1 aromatic rings. The van der Waals surface area contributed by atoms with Gasteiger partial charge in [-0.3, -0.25) is 0 Å². The van der Waals surface area contributed by atoms with Gasteiger partial charge in [-0.05, 0) is 12.1 Å². The SMILES string of the molecule is N.c1ccc2c3cc-3nc2c1. The number of rotatable bonds is 0. The van der Waals surface area contributed by atoms with Gasteiger partial charge < -0.3 is 6.15 Å². The molecule has 0 unspecified atom stereocenters. The Morgan fingerprint density at radius 1 is 1.09 bits per heavy atom. The van der Waals surface area contributed by atoms with E-state index in [1.165, 1.54) is 16.6 Å². The molecular weight excluding hydrogens is 136 g/mol. The lowest BCUT2D eigenvalue weighted by Crippen LogP contribution is -1.63. The molecule has 1 heterocycles. The Morgan fingerprint density at radius 3 is 2.73 bits per heavy atom. The Hall–Kier alpha value is -1.41. The highest BCUT2D eigenvalue weighted by atomic mass is 14.7. The quantitative estimate of drug-likeness (QED) is 0.526. The second-order valence-electron chi connectivity index (χ2n) is 2.57. The lowest BCUT2D eigenvalue weighted by atomic mass is 10.2. The zero-order valence-corrected chi connectivity index (χ0v) is 6.04. The van der Waals surface area contributed by atoms with Crippen molar-refractivity contribution in [3.63, 3.8) is 0 Å². The summed E-state index contributed by atoms with van der Waals surface area (Å²) in [5, 5.41) is 1.30. The van der Waals surface area contributed by atoms with E-state index in [1.54, 1.807) is 0 Å². The lowest BCUT2D eigenvalue weighted by Gasteiger charge is -1.83. The molecule has 0 saturated carbocycles. The first-order chi connectivity index (χ1) is 4.95. The molecule has 11 heavy (non-hydrogen) atoms. The maximum Gasteiger partial charge on any atom is 0.0724 e. The van der Waals surface area contributed by atoms with E-state index in [0.717, 1.165) is 5.52 Å². The van der Waals surface area contributed by atoms with E-state index >= 15 is 0 Å². The number of pyridine rings is 1. The van der Waals surface area contributed by atoms with Gasteiger partial charge in [-0.25, -0.2) is 4.98 Å². The van der Waals surface area contributed by atoms with Crippen molar-refractivity contribution in [1.29, 1.82) is 0 Å². The molecule has 2 heteroatoms. The molecule has 0 bridgehead atoms. The average Bonchev–Trinajstić information content (AvgIpc) is 2.64. The molecule has 3 rings (SSSR count). The molecule has 0 atom stereocenters. The zero-order chi connectivity index (χ0) is 6.55. The van der Waals surface area contributed by atoms with E-state index in [0.29, 0.717) is 0 Å². The number of para-hydroxylation sites is 1. The largest absolute Gasteiger partial charge is 0.344 e. The third-order valence-electron chi connectivity index (χ3n) is 1.91. The summed E-state index contributed by atoms with van der Waals surface area (Å²) in [6.45, 7) is 0. The van der Waals surface area contributed by atoms with Crippen molar-refractivity contribution in [2.75, 3.05) is 0 Å². The molecule has 0 radical (unpaired) electrons. The maximum absolute atomic E-state index is 4.35. The van der Waals surface area contributed by atoms with Crippen molar-refractivity contribution in [2.24, 2.45) is 0 Å². The van der Waals surface area contributed by atoms with E-state index in [1.807, 2.05) is 6.07 Å². The Morgan fingerprint density at radius 2 is 1.91 bits per heavy atom. The third-order valence-corrected chi connectivity index (χ3v) is 1.91. The molecular formula is C9H8N2. The first-order valence-electron chi connectivity index (χ1n) is 3.35. The van der Waals surface area contributed by atoms with Gasteiger partial charge in [0.1, 0.15) is 0 Å². The van der Waals surface area contributed by atoms with Crippen LogP contribution in [0.15, 0.2) is 30.3 Å². The molecule has 3 N–H and O–H groups in total. The molecule has 54 valence electrons. The Bertz CT molecular complexity index is 421. The van der Waals surface area contributed by atoms with Crippen LogP contribution in [0.4, 0.5) is 0 Å². The highest BCUT2D eigenvalue weighted by Gasteiger charge is 2.18. The topological polar surface area (TPSA) is 47.9 Å². The Kier molecular flexibility index (Phi) is 1.03. The van der Waals surface area contributed by atoms with Crippen LogP contribution in [0.1, 0.15) is 0 Å². The standard InChI is InChI=1S/C9H5N.H3N/c1-2-4-8-6(3-1)7-5-9(7)10-8;/h1-5H;1H3. The Balaban J connectivity index is 0.000000480. The molecule has 1 aliphatic carbocycles. The summed E-state index contributed by atoms with van der Waals surface area (Å²) in [5.74, 6) is 0. The summed E-state index contributed by atoms with van der Waals surface area (Å²) in [7, 11) is 0. The number of benzene rings is 1. The van der Waals surface area contributed by atoms with E-state index in [-0.39, 0.29) is 6.15 Å². The molecule has 0 aromatic heterocycles. The first-order valence-corrected chi connectivity index (χ1v) is 3.35. The van der Waals surface area contributed by atoms with Gasteiger partial charge in [0.05, 0.1) is 11.2 Å². The van der Waals surface area contributed by atoms with Crippen LogP contribution in [0.25, 0.3) is 22.2 Å². The summed E-state index contributed by atoms with van der Waals surface area (Å²) in [4.78, 5) is 4.35. The van der Waals surface area contributed by atoms with Crippen LogP contribution in [0.2, 0.25) is 0 Å². The molecule has 1 aromatic carbocycles. The fourth-order valence-corrected chi connectivity index (χ4v) is 1.34. The zero-order valence-electron chi connectivity index (χ0n) is 6.04. The van der Waals surface area contributed by atoms with Crippen LogP contribution < -0.4 is 6.15 Å². The van der Waals surface area contributed by atoms with Gasteiger partial charge in [0, 0.05) is 10.9 Å². The van der Waals surface area contributed by atoms with E-state index in [9.17, 15) is 0 Å². The van der Waals surface area contributed by atoms with Gasteiger partial charge in [0.25, 0.3) is 0 Å². The van der Waals surface area contributed by atoms with Crippen molar-refractivity contribution in [3.05, 3.63) is 30.3 Å². The summed E-state index contributed by atoms with van der Waals surface area (Å²) in [6, 6.07) is 10.4. The minimum atomic E-state index is 0. The highest BCUT2D eigenvalue weighted by molar-refractivity contribution is 6.04. The van der Waals surface area contributed by atoms with Crippen LogP contribution in [0.5, 0.6) is 0 Å².